The lowest BCUT2D eigenvalue weighted by atomic mass is 10.2. The molecule has 0 aliphatic carbocycles. The number of hydrogen-bond acceptors (Lipinski definition) is 5. The molecule has 1 amide bonds. The number of rotatable bonds is 4. The Morgan fingerprint density at radius 1 is 1.57 bits per heavy atom. The highest BCUT2D eigenvalue weighted by Crippen LogP contribution is 2.28. The van der Waals surface area contributed by atoms with Crippen LogP contribution in [0, 0.1) is 10.1 Å². The van der Waals surface area contributed by atoms with Crippen LogP contribution in [0.25, 0.3) is 0 Å². The summed E-state index contributed by atoms with van der Waals surface area (Å²) in [6, 6.07) is 2.75. The first-order chi connectivity index (χ1) is 9.88. The molecule has 0 aliphatic heterocycles. The van der Waals surface area contributed by atoms with Crippen molar-refractivity contribution in [2.45, 2.75) is 13.0 Å². The number of benzene rings is 1. The van der Waals surface area contributed by atoms with Crippen molar-refractivity contribution in [2.24, 2.45) is 0 Å². The maximum atomic E-state index is 12.0. The van der Waals surface area contributed by atoms with Gasteiger partial charge in [0.05, 0.1) is 27.9 Å². The minimum Gasteiger partial charge on any atom is -0.506 e. The summed E-state index contributed by atoms with van der Waals surface area (Å²) in [6.07, 6.45) is 2.89. The Balaban J connectivity index is 2.14. The molecule has 2 rings (SSSR count). The minimum atomic E-state index is -0.660. The first kappa shape index (κ1) is 14.8. The molecule has 1 atom stereocenters. The Kier molecular flexibility index (Phi) is 4.08. The van der Waals surface area contributed by atoms with Crippen molar-refractivity contribution in [3.63, 3.8) is 0 Å². The highest BCUT2D eigenvalue weighted by atomic mass is 35.5. The van der Waals surface area contributed by atoms with E-state index in [0.29, 0.717) is 5.02 Å². The summed E-state index contributed by atoms with van der Waals surface area (Å²) in [5.74, 6) is -0.831. The normalized spacial score (nSPS) is 11.9. The number of phenolic OH excluding ortho intramolecular Hbond substituents is 1. The van der Waals surface area contributed by atoms with Gasteiger partial charge in [-0.3, -0.25) is 19.6 Å². The Morgan fingerprint density at radius 3 is 2.81 bits per heavy atom. The number of carbonyl (C=O) groups is 1. The van der Waals surface area contributed by atoms with Crippen LogP contribution in [-0.4, -0.2) is 25.7 Å². The molecule has 1 heterocycles. The van der Waals surface area contributed by atoms with Crippen LogP contribution >= 0.6 is 11.6 Å². The molecule has 9 heteroatoms. The molecule has 110 valence electrons. The molecule has 0 fully saturated rings. The van der Waals surface area contributed by atoms with Crippen molar-refractivity contribution in [1.29, 1.82) is 0 Å². The third kappa shape index (κ3) is 3.29. The van der Waals surface area contributed by atoms with Crippen LogP contribution in [-0.2, 0) is 4.79 Å². The predicted molar refractivity (Wildman–Crippen MR) is 75.3 cm³/mol. The lowest BCUT2D eigenvalue weighted by Crippen LogP contribution is -2.24. The quantitative estimate of drug-likeness (QED) is 0.511. The molecule has 1 aromatic carbocycles. The summed E-state index contributed by atoms with van der Waals surface area (Å²) in [6.45, 7) is 1.60. The number of nitrogens with one attached hydrogen (secondary N) is 1. The van der Waals surface area contributed by atoms with Gasteiger partial charge in [0.1, 0.15) is 11.8 Å². The molecular weight excluding hydrogens is 300 g/mol. The van der Waals surface area contributed by atoms with Crippen LogP contribution in [0.15, 0.2) is 30.6 Å². The van der Waals surface area contributed by atoms with Gasteiger partial charge in [0, 0.05) is 12.3 Å². The molecule has 0 bridgehead atoms. The van der Waals surface area contributed by atoms with E-state index in [0.717, 1.165) is 6.07 Å². The molecule has 8 nitrogen and oxygen atoms in total. The van der Waals surface area contributed by atoms with E-state index in [1.807, 2.05) is 0 Å². The largest absolute Gasteiger partial charge is 0.506 e. The van der Waals surface area contributed by atoms with Gasteiger partial charge >= 0.3 is 0 Å². The zero-order valence-corrected chi connectivity index (χ0v) is 11.6. The molecule has 2 aromatic rings. The second-order valence-corrected chi connectivity index (χ2v) is 4.70. The standard InChI is InChI=1S/C12H11ClN4O4/c1-7(16-6-8(13)5-14-16)12(19)15-10-3-2-9(17(20)21)4-11(10)18/h2-7,18H,1H3,(H,15,19). The van der Waals surface area contributed by atoms with Gasteiger partial charge in [0.15, 0.2) is 0 Å². The number of nitro benzene ring substituents is 1. The Hall–Kier alpha value is -2.61. The molecular formula is C12H11ClN4O4. The number of non-ortho nitro benzene ring substituents is 1. The number of nitro groups is 1. The summed E-state index contributed by atoms with van der Waals surface area (Å²) in [5, 5.41) is 27.0. The third-order valence-corrected chi connectivity index (χ3v) is 2.99. The number of halogens is 1. The van der Waals surface area contributed by atoms with E-state index < -0.39 is 16.9 Å². The number of hydrogen-bond donors (Lipinski definition) is 2. The number of amides is 1. The summed E-state index contributed by atoms with van der Waals surface area (Å²) in [4.78, 5) is 22.0. The molecule has 1 aromatic heterocycles. The van der Waals surface area contributed by atoms with Crippen LogP contribution in [0.1, 0.15) is 13.0 Å². The van der Waals surface area contributed by atoms with Crippen molar-refractivity contribution < 1.29 is 14.8 Å². The Morgan fingerprint density at radius 2 is 2.29 bits per heavy atom. The molecule has 0 saturated heterocycles. The van der Waals surface area contributed by atoms with Crippen LogP contribution in [0.5, 0.6) is 5.75 Å². The molecule has 0 radical (unpaired) electrons. The van der Waals surface area contributed by atoms with Gasteiger partial charge < -0.3 is 10.4 Å². The van der Waals surface area contributed by atoms with Gasteiger partial charge in [-0.15, -0.1) is 0 Å². The Bertz CT molecular complexity index is 700. The first-order valence-electron chi connectivity index (χ1n) is 5.86. The van der Waals surface area contributed by atoms with Crippen molar-refractivity contribution in [3.05, 3.63) is 45.7 Å². The van der Waals surface area contributed by atoms with Crippen LogP contribution in [0.2, 0.25) is 5.02 Å². The van der Waals surface area contributed by atoms with Crippen molar-refractivity contribution in [2.75, 3.05) is 5.32 Å². The number of nitrogens with zero attached hydrogens (tertiary/aromatic N) is 3. The lowest BCUT2D eigenvalue weighted by Gasteiger charge is -2.13. The summed E-state index contributed by atoms with van der Waals surface area (Å²) in [7, 11) is 0. The number of aromatic hydroxyl groups is 1. The van der Waals surface area contributed by atoms with Crippen LogP contribution < -0.4 is 5.32 Å². The number of carbonyl (C=O) groups excluding carboxylic acids is 1. The topological polar surface area (TPSA) is 110 Å². The van der Waals surface area contributed by atoms with Gasteiger partial charge in [-0.2, -0.15) is 5.10 Å². The Labute approximate surface area is 124 Å². The average molecular weight is 311 g/mol. The molecule has 0 spiro atoms. The fourth-order valence-corrected chi connectivity index (χ4v) is 1.77. The van der Waals surface area contributed by atoms with Gasteiger partial charge in [0.2, 0.25) is 5.91 Å². The monoisotopic (exact) mass is 310 g/mol. The fourth-order valence-electron chi connectivity index (χ4n) is 1.62. The maximum Gasteiger partial charge on any atom is 0.273 e. The van der Waals surface area contributed by atoms with E-state index in [1.54, 1.807) is 6.92 Å². The van der Waals surface area contributed by atoms with Gasteiger partial charge in [0.25, 0.3) is 5.69 Å². The van der Waals surface area contributed by atoms with Crippen molar-refractivity contribution in [3.8, 4) is 5.75 Å². The van der Waals surface area contributed by atoms with E-state index in [2.05, 4.69) is 10.4 Å². The minimum absolute atomic E-state index is 0.0794. The molecule has 1 unspecified atom stereocenters. The van der Waals surface area contributed by atoms with Crippen LogP contribution in [0.3, 0.4) is 0 Å². The van der Waals surface area contributed by atoms with E-state index in [1.165, 1.54) is 29.2 Å². The first-order valence-corrected chi connectivity index (χ1v) is 6.24. The summed E-state index contributed by atoms with van der Waals surface area (Å²) >= 11 is 5.72. The van der Waals surface area contributed by atoms with Crippen LogP contribution in [0.4, 0.5) is 11.4 Å². The predicted octanol–water partition coefficient (Wildman–Crippen LogP) is 2.35. The zero-order chi connectivity index (χ0) is 15.6. The number of aromatic nitrogens is 2. The molecule has 2 N–H and O–H groups in total. The second kappa shape index (κ2) is 5.80. The van der Waals surface area contributed by atoms with Gasteiger partial charge in [-0.05, 0) is 13.0 Å². The fraction of sp³-hybridized carbons (Fsp3) is 0.167. The molecule has 0 saturated carbocycles. The highest BCUT2D eigenvalue weighted by Gasteiger charge is 2.18. The maximum absolute atomic E-state index is 12.0. The second-order valence-electron chi connectivity index (χ2n) is 4.26. The number of anilines is 1. The van der Waals surface area contributed by atoms with E-state index in [9.17, 15) is 20.0 Å². The zero-order valence-electron chi connectivity index (χ0n) is 10.9. The van der Waals surface area contributed by atoms with Gasteiger partial charge in [-0.25, -0.2) is 0 Å². The van der Waals surface area contributed by atoms with E-state index in [-0.39, 0.29) is 17.1 Å². The highest BCUT2D eigenvalue weighted by molar-refractivity contribution is 6.30. The van der Waals surface area contributed by atoms with Crippen molar-refractivity contribution >= 4 is 28.9 Å². The summed E-state index contributed by atoms with van der Waals surface area (Å²) < 4.78 is 1.36. The molecule has 21 heavy (non-hydrogen) atoms. The third-order valence-electron chi connectivity index (χ3n) is 2.80. The SMILES string of the molecule is CC(C(=O)Nc1ccc([N+](=O)[O-])cc1O)n1cc(Cl)cn1. The average Bonchev–Trinajstić information content (AvgIpc) is 2.86. The van der Waals surface area contributed by atoms with Gasteiger partial charge in [-0.1, -0.05) is 11.6 Å². The molecule has 0 aliphatic rings. The van der Waals surface area contributed by atoms with E-state index in [4.69, 9.17) is 11.6 Å². The lowest BCUT2D eigenvalue weighted by molar-refractivity contribution is -0.384. The van der Waals surface area contributed by atoms with Crippen molar-refractivity contribution in [1.82, 2.24) is 9.78 Å². The number of phenols is 1. The van der Waals surface area contributed by atoms with E-state index >= 15 is 0 Å². The smallest absolute Gasteiger partial charge is 0.273 e. The summed E-state index contributed by atoms with van der Waals surface area (Å²) in [5.41, 5.74) is -0.187.